The van der Waals surface area contributed by atoms with Crippen molar-refractivity contribution >= 4 is 32.6 Å². The minimum absolute atomic E-state index is 0.0335. The van der Waals surface area contributed by atoms with Crippen LogP contribution in [0.5, 0.6) is 0 Å². The minimum Gasteiger partial charge on any atom is -0.366 e. The number of halogens is 1. The van der Waals surface area contributed by atoms with E-state index in [-0.39, 0.29) is 15.4 Å². The Balaban J connectivity index is 1.47. The van der Waals surface area contributed by atoms with Gasteiger partial charge in [-0.2, -0.15) is 9.19 Å². The zero-order valence-corrected chi connectivity index (χ0v) is 15.7. The second kappa shape index (κ2) is 5.94. The fourth-order valence-electron chi connectivity index (χ4n) is 3.37. The fourth-order valence-corrected chi connectivity index (χ4v) is 5.44. The van der Waals surface area contributed by atoms with Gasteiger partial charge in [0.15, 0.2) is 0 Å². The first-order valence-corrected chi connectivity index (χ1v) is 10.8. The molecule has 1 aromatic heterocycles. The fraction of sp³-hybridized carbons (Fsp3) is 0.786. The van der Waals surface area contributed by atoms with Crippen LogP contribution in [0.15, 0.2) is 6.20 Å². The maximum absolute atomic E-state index is 12.3. The number of nitrogens with two attached hydrogens (primary N) is 1. The standard InChI is InChI=1S/C14H21IN4O3S/c15-14-12(16)5-10(3-4-22-14)18-6-9-7-19(17-13(9)8-18)23(20,21)11-1-2-11/h7,10-12,14H,1-6,8,16H2/t10-,12-,14-/m0/s1. The van der Waals surface area contributed by atoms with E-state index in [2.05, 4.69) is 32.6 Å². The summed E-state index contributed by atoms with van der Waals surface area (Å²) in [5.41, 5.74) is 8.09. The lowest BCUT2D eigenvalue weighted by Crippen LogP contribution is -2.38. The molecule has 3 aliphatic rings. The van der Waals surface area contributed by atoms with Crippen LogP contribution in [0.4, 0.5) is 0 Å². The molecule has 0 unspecified atom stereocenters. The molecule has 2 N–H and O–H groups in total. The second-order valence-corrected chi connectivity index (χ2v) is 9.99. The smallest absolute Gasteiger partial charge is 0.256 e. The predicted octanol–water partition coefficient (Wildman–Crippen LogP) is 0.806. The van der Waals surface area contributed by atoms with Gasteiger partial charge in [0.25, 0.3) is 10.0 Å². The third-order valence-electron chi connectivity index (χ3n) is 4.91. The van der Waals surface area contributed by atoms with Gasteiger partial charge in [-0.15, -0.1) is 0 Å². The molecular formula is C14H21IN4O3S. The number of alkyl halides is 1. The SMILES string of the molecule is N[C@H]1C[C@@H](N2Cc3cn(S(=O)(=O)C4CC4)nc3C2)CCO[C@@H]1I. The predicted molar refractivity (Wildman–Crippen MR) is 93.6 cm³/mol. The van der Waals surface area contributed by atoms with Crippen molar-refractivity contribution < 1.29 is 13.2 Å². The van der Waals surface area contributed by atoms with Crippen LogP contribution >= 0.6 is 22.6 Å². The summed E-state index contributed by atoms with van der Waals surface area (Å²) in [6.45, 7) is 2.17. The highest BCUT2D eigenvalue weighted by Gasteiger charge is 2.39. The highest BCUT2D eigenvalue weighted by molar-refractivity contribution is 14.1. The molecule has 0 aromatic carbocycles. The molecule has 7 nitrogen and oxygen atoms in total. The van der Waals surface area contributed by atoms with E-state index in [0.717, 1.165) is 50.1 Å². The van der Waals surface area contributed by atoms with Gasteiger partial charge in [-0.3, -0.25) is 4.90 Å². The molecule has 3 heterocycles. The van der Waals surface area contributed by atoms with Crippen LogP contribution in [0.1, 0.15) is 36.9 Å². The molecule has 2 fully saturated rings. The van der Waals surface area contributed by atoms with Crippen molar-refractivity contribution in [3.63, 3.8) is 0 Å². The van der Waals surface area contributed by atoms with Crippen molar-refractivity contribution in [2.24, 2.45) is 5.73 Å². The van der Waals surface area contributed by atoms with Crippen LogP contribution in [-0.2, 0) is 27.8 Å². The molecule has 128 valence electrons. The summed E-state index contributed by atoms with van der Waals surface area (Å²) >= 11 is 2.26. The molecule has 0 radical (unpaired) electrons. The maximum Gasteiger partial charge on any atom is 0.256 e. The Morgan fingerprint density at radius 1 is 1.30 bits per heavy atom. The molecule has 0 bridgehead atoms. The van der Waals surface area contributed by atoms with E-state index in [1.807, 2.05) is 0 Å². The first-order chi connectivity index (χ1) is 10.9. The maximum atomic E-state index is 12.3. The van der Waals surface area contributed by atoms with Crippen molar-refractivity contribution in [2.75, 3.05) is 6.61 Å². The van der Waals surface area contributed by atoms with E-state index in [1.165, 1.54) is 4.09 Å². The van der Waals surface area contributed by atoms with Crippen LogP contribution in [0.2, 0.25) is 0 Å². The van der Waals surface area contributed by atoms with Crippen molar-refractivity contribution in [2.45, 2.75) is 60.2 Å². The lowest BCUT2D eigenvalue weighted by molar-refractivity contribution is 0.113. The lowest BCUT2D eigenvalue weighted by atomic mass is 10.1. The topological polar surface area (TPSA) is 90.5 Å². The van der Waals surface area contributed by atoms with Crippen LogP contribution in [-0.4, -0.2) is 50.6 Å². The first-order valence-electron chi connectivity index (χ1n) is 8.02. The van der Waals surface area contributed by atoms with Gasteiger partial charge in [-0.05, 0) is 48.3 Å². The summed E-state index contributed by atoms with van der Waals surface area (Å²) in [5, 5.41) is 4.12. The van der Waals surface area contributed by atoms with Gasteiger partial charge in [0.2, 0.25) is 0 Å². The van der Waals surface area contributed by atoms with Gasteiger partial charge in [0.05, 0.1) is 10.9 Å². The molecule has 2 aliphatic heterocycles. The molecule has 4 rings (SSSR count). The average molecular weight is 452 g/mol. The van der Waals surface area contributed by atoms with Crippen molar-refractivity contribution in [1.29, 1.82) is 0 Å². The van der Waals surface area contributed by atoms with Crippen LogP contribution in [0.25, 0.3) is 0 Å². The van der Waals surface area contributed by atoms with Crippen molar-refractivity contribution in [3.05, 3.63) is 17.5 Å². The molecule has 23 heavy (non-hydrogen) atoms. The third-order valence-corrected chi connectivity index (χ3v) is 8.22. The molecule has 1 aliphatic carbocycles. The normalized spacial score (nSPS) is 32.7. The zero-order valence-electron chi connectivity index (χ0n) is 12.8. The Bertz CT molecular complexity index is 679. The third kappa shape index (κ3) is 3.06. The lowest BCUT2D eigenvalue weighted by Gasteiger charge is -2.27. The Morgan fingerprint density at radius 3 is 2.78 bits per heavy atom. The van der Waals surface area contributed by atoms with Crippen LogP contribution < -0.4 is 5.73 Å². The number of hydrogen-bond acceptors (Lipinski definition) is 6. The molecule has 0 spiro atoms. The zero-order chi connectivity index (χ0) is 16.2. The van der Waals surface area contributed by atoms with Gasteiger partial charge >= 0.3 is 0 Å². The van der Waals surface area contributed by atoms with E-state index in [0.29, 0.717) is 12.6 Å². The van der Waals surface area contributed by atoms with Crippen molar-refractivity contribution in [3.8, 4) is 0 Å². The van der Waals surface area contributed by atoms with Crippen LogP contribution in [0.3, 0.4) is 0 Å². The Kier molecular flexibility index (Phi) is 4.20. The number of nitrogens with zero attached hydrogens (tertiary/aromatic N) is 3. The summed E-state index contributed by atoms with van der Waals surface area (Å²) in [6.07, 6.45) is 5.08. The van der Waals surface area contributed by atoms with E-state index < -0.39 is 10.0 Å². The number of ether oxygens (including phenoxy) is 1. The first kappa shape index (κ1) is 16.2. The molecule has 1 aromatic rings. The number of aromatic nitrogens is 2. The minimum atomic E-state index is -3.26. The van der Waals surface area contributed by atoms with Gasteiger partial charge in [-0.25, -0.2) is 8.42 Å². The number of rotatable bonds is 3. The quantitative estimate of drug-likeness (QED) is 0.539. The molecule has 3 atom stereocenters. The Labute approximate surface area is 149 Å². The molecule has 0 amide bonds. The summed E-state index contributed by atoms with van der Waals surface area (Å²) in [6, 6.07) is 0.402. The van der Waals surface area contributed by atoms with Crippen LogP contribution in [0, 0.1) is 0 Å². The highest BCUT2D eigenvalue weighted by atomic mass is 127. The Morgan fingerprint density at radius 2 is 2.09 bits per heavy atom. The second-order valence-electron chi connectivity index (χ2n) is 6.69. The number of fused-ring (bicyclic) bond motifs is 1. The largest absolute Gasteiger partial charge is 0.366 e. The molecule has 1 saturated carbocycles. The average Bonchev–Trinajstić information content (AvgIpc) is 3.20. The van der Waals surface area contributed by atoms with Gasteiger partial charge < -0.3 is 10.5 Å². The van der Waals surface area contributed by atoms with E-state index in [1.54, 1.807) is 6.20 Å². The van der Waals surface area contributed by atoms with Gasteiger partial charge in [0.1, 0.15) is 4.11 Å². The Hall–Kier alpha value is -0.230. The van der Waals surface area contributed by atoms with Gasteiger partial charge in [0, 0.05) is 43.5 Å². The van der Waals surface area contributed by atoms with Crippen molar-refractivity contribution in [1.82, 2.24) is 14.1 Å². The number of hydrogen-bond donors (Lipinski definition) is 1. The summed E-state index contributed by atoms with van der Waals surface area (Å²) in [4.78, 5) is 2.35. The van der Waals surface area contributed by atoms with E-state index in [9.17, 15) is 8.42 Å². The molecule has 9 heteroatoms. The van der Waals surface area contributed by atoms with Gasteiger partial charge in [-0.1, -0.05) is 0 Å². The summed E-state index contributed by atoms with van der Waals surface area (Å²) < 4.78 is 31.5. The molecule has 1 saturated heterocycles. The monoisotopic (exact) mass is 452 g/mol. The highest BCUT2D eigenvalue weighted by Crippen LogP contribution is 2.33. The molecular weight excluding hydrogens is 431 g/mol. The van der Waals surface area contributed by atoms with E-state index >= 15 is 0 Å². The summed E-state index contributed by atoms with van der Waals surface area (Å²) in [5.74, 6) is 0. The van der Waals surface area contributed by atoms with E-state index in [4.69, 9.17) is 10.5 Å². The summed E-state index contributed by atoms with van der Waals surface area (Å²) in [7, 11) is -3.26.